The van der Waals surface area contributed by atoms with Crippen molar-refractivity contribution in [3.05, 3.63) is 23.5 Å². The van der Waals surface area contributed by atoms with Crippen molar-refractivity contribution >= 4 is 23.2 Å². The van der Waals surface area contributed by atoms with Gasteiger partial charge < -0.3 is 15.2 Å². The van der Waals surface area contributed by atoms with Crippen LogP contribution in [0.1, 0.15) is 16.9 Å². The number of methoxy groups -OCH3 is 1. The van der Waals surface area contributed by atoms with Crippen molar-refractivity contribution in [1.29, 1.82) is 0 Å². The highest BCUT2D eigenvalue weighted by Gasteiger charge is 2.22. The summed E-state index contributed by atoms with van der Waals surface area (Å²) in [4.78, 5) is 27.4. The zero-order valence-electron chi connectivity index (χ0n) is 12.1. The van der Waals surface area contributed by atoms with Crippen LogP contribution >= 0.6 is 11.3 Å². The minimum absolute atomic E-state index is 0.188. The summed E-state index contributed by atoms with van der Waals surface area (Å²) < 4.78 is 6.48. The molecule has 1 atom stereocenters. The predicted molar refractivity (Wildman–Crippen MR) is 79.7 cm³/mol. The Hall–Kier alpha value is -2.26. The molecule has 8 nitrogen and oxygen atoms in total. The highest BCUT2D eigenvalue weighted by Crippen LogP contribution is 2.22. The number of aryl methyl sites for hydroxylation is 1. The Morgan fingerprint density at radius 1 is 1.55 bits per heavy atom. The maximum absolute atomic E-state index is 12.1. The Balaban J connectivity index is 2.06. The van der Waals surface area contributed by atoms with Gasteiger partial charge in [-0.15, -0.1) is 11.3 Å². The zero-order chi connectivity index (χ0) is 16.1. The van der Waals surface area contributed by atoms with Gasteiger partial charge in [-0.3, -0.25) is 9.48 Å². The topological polar surface area (TPSA) is 106 Å². The second-order valence-electron chi connectivity index (χ2n) is 4.59. The monoisotopic (exact) mass is 324 g/mol. The first-order valence-electron chi connectivity index (χ1n) is 6.48. The number of aromatic nitrogens is 3. The third-order valence-electron chi connectivity index (χ3n) is 2.90. The van der Waals surface area contributed by atoms with E-state index in [-0.39, 0.29) is 18.7 Å². The highest BCUT2D eigenvalue weighted by atomic mass is 32.1. The van der Waals surface area contributed by atoms with Crippen LogP contribution < -0.4 is 5.32 Å². The summed E-state index contributed by atoms with van der Waals surface area (Å²) in [5.74, 6) is -1.62. The first-order chi connectivity index (χ1) is 10.5. The number of thiazole rings is 1. The summed E-state index contributed by atoms with van der Waals surface area (Å²) in [5.41, 5.74) is 0.994. The fourth-order valence-corrected chi connectivity index (χ4v) is 2.54. The molecule has 118 valence electrons. The van der Waals surface area contributed by atoms with Crippen LogP contribution in [0.15, 0.2) is 17.8 Å². The molecule has 0 saturated heterocycles. The quantitative estimate of drug-likeness (QED) is 0.779. The number of nitrogens with zero attached hydrogens (tertiary/aromatic N) is 3. The number of carbonyl (C=O) groups is 2. The van der Waals surface area contributed by atoms with Gasteiger partial charge in [-0.2, -0.15) is 5.10 Å². The number of ether oxygens (including phenoxy) is 1. The van der Waals surface area contributed by atoms with Crippen LogP contribution in [0.3, 0.4) is 0 Å². The van der Waals surface area contributed by atoms with Crippen LogP contribution in [0, 0.1) is 0 Å². The molecule has 2 heterocycles. The van der Waals surface area contributed by atoms with Crippen molar-refractivity contribution in [2.45, 2.75) is 12.5 Å². The van der Waals surface area contributed by atoms with Gasteiger partial charge in [0.2, 0.25) is 0 Å². The molecule has 0 saturated carbocycles. The summed E-state index contributed by atoms with van der Waals surface area (Å²) in [6.07, 6.45) is 3.63. The Morgan fingerprint density at radius 2 is 2.32 bits per heavy atom. The number of hydrogen-bond acceptors (Lipinski definition) is 6. The van der Waals surface area contributed by atoms with Gasteiger partial charge in [0.15, 0.2) is 0 Å². The molecule has 2 aromatic rings. The SMILES string of the molecule is COCCC(NC(=O)c1csc(-c2cnn(C)c2)n1)C(=O)O. The van der Waals surface area contributed by atoms with E-state index in [4.69, 9.17) is 9.84 Å². The second kappa shape index (κ2) is 7.14. The number of carbonyl (C=O) groups excluding carboxylic acids is 1. The van der Waals surface area contributed by atoms with Gasteiger partial charge in [0, 0.05) is 44.3 Å². The van der Waals surface area contributed by atoms with Crippen LogP contribution in [0.2, 0.25) is 0 Å². The molecule has 2 N–H and O–H groups in total. The fourth-order valence-electron chi connectivity index (χ4n) is 1.77. The lowest BCUT2D eigenvalue weighted by Crippen LogP contribution is -2.41. The Labute approximate surface area is 130 Å². The number of aliphatic carboxylic acids is 1. The summed E-state index contributed by atoms with van der Waals surface area (Å²) in [6.45, 7) is 0.245. The van der Waals surface area contributed by atoms with Crippen molar-refractivity contribution in [2.75, 3.05) is 13.7 Å². The van der Waals surface area contributed by atoms with E-state index in [0.29, 0.717) is 5.01 Å². The number of carboxylic acid groups (broad SMARTS) is 1. The third-order valence-corrected chi connectivity index (χ3v) is 3.79. The molecule has 0 aliphatic rings. The molecule has 1 amide bonds. The average Bonchev–Trinajstić information content (AvgIpc) is 3.11. The van der Waals surface area contributed by atoms with Crippen LogP contribution in [0.25, 0.3) is 10.6 Å². The molecule has 0 radical (unpaired) electrons. The molecule has 0 bridgehead atoms. The summed E-state index contributed by atoms with van der Waals surface area (Å²) >= 11 is 1.30. The largest absolute Gasteiger partial charge is 0.480 e. The first-order valence-corrected chi connectivity index (χ1v) is 7.36. The first kappa shape index (κ1) is 16.1. The highest BCUT2D eigenvalue weighted by molar-refractivity contribution is 7.13. The summed E-state index contributed by atoms with van der Waals surface area (Å²) in [5, 5.41) is 17.8. The summed E-state index contributed by atoms with van der Waals surface area (Å²) in [7, 11) is 3.26. The Kier molecular flexibility index (Phi) is 5.23. The van der Waals surface area contributed by atoms with Gasteiger partial charge in [0.25, 0.3) is 5.91 Å². The molecule has 0 aliphatic heterocycles. The van der Waals surface area contributed by atoms with E-state index >= 15 is 0 Å². The van der Waals surface area contributed by atoms with E-state index in [1.807, 2.05) is 0 Å². The lowest BCUT2D eigenvalue weighted by molar-refractivity contribution is -0.139. The van der Waals surface area contributed by atoms with Crippen molar-refractivity contribution in [3.63, 3.8) is 0 Å². The maximum atomic E-state index is 12.1. The smallest absolute Gasteiger partial charge is 0.326 e. The molecule has 1 unspecified atom stereocenters. The van der Waals surface area contributed by atoms with Crippen molar-refractivity contribution in [2.24, 2.45) is 7.05 Å². The third kappa shape index (κ3) is 3.89. The molecule has 0 spiro atoms. The number of hydrogen-bond donors (Lipinski definition) is 2. The summed E-state index contributed by atoms with van der Waals surface area (Å²) in [6, 6.07) is -1.00. The molecule has 22 heavy (non-hydrogen) atoms. The van der Waals surface area contributed by atoms with Gasteiger partial charge >= 0.3 is 5.97 Å². The second-order valence-corrected chi connectivity index (χ2v) is 5.44. The van der Waals surface area contributed by atoms with Crippen molar-refractivity contribution in [3.8, 4) is 10.6 Å². The molecule has 0 fully saturated rings. The van der Waals surface area contributed by atoms with E-state index in [2.05, 4.69) is 15.4 Å². The number of amides is 1. The van der Waals surface area contributed by atoms with E-state index < -0.39 is 17.9 Å². The molecule has 9 heteroatoms. The van der Waals surface area contributed by atoms with E-state index in [1.165, 1.54) is 18.4 Å². The molecule has 2 rings (SSSR count). The van der Waals surface area contributed by atoms with E-state index in [1.54, 1.807) is 29.5 Å². The van der Waals surface area contributed by atoms with Crippen LogP contribution in [-0.4, -0.2) is 51.5 Å². The normalized spacial score (nSPS) is 12.1. The fraction of sp³-hybridized carbons (Fsp3) is 0.385. The van der Waals surface area contributed by atoms with Gasteiger partial charge in [0.1, 0.15) is 16.7 Å². The molecule has 2 aromatic heterocycles. The maximum Gasteiger partial charge on any atom is 0.326 e. The van der Waals surface area contributed by atoms with Gasteiger partial charge in [-0.25, -0.2) is 9.78 Å². The Bertz CT molecular complexity index is 667. The van der Waals surface area contributed by atoms with Crippen LogP contribution in [0.4, 0.5) is 0 Å². The van der Waals surface area contributed by atoms with E-state index in [9.17, 15) is 9.59 Å². The number of carboxylic acids is 1. The minimum atomic E-state index is -1.10. The Morgan fingerprint density at radius 3 is 2.91 bits per heavy atom. The average molecular weight is 324 g/mol. The van der Waals surface area contributed by atoms with Crippen LogP contribution in [0.5, 0.6) is 0 Å². The molecule has 0 aromatic carbocycles. The molecule has 0 aliphatic carbocycles. The number of nitrogens with one attached hydrogen (secondary N) is 1. The lowest BCUT2D eigenvalue weighted by atomic mass is 10.2. The van der Waals surface area contributed by atoms with Gasteiger partial charge in [-0.1, -0.05) is 0 Å². The van der Waals surface area contributed by atoms with E-state index in [0.717, 1.165) is 5.56 Å². The van der Waals surface area contributed by atoms with Crippen LogP contribution in [-0.2, 0) is 16.6 Å². The zero-order valence-corrected chi connectivity index (χ0v) is 13.0. The minimum Gasteiger partial charge on any atom is -0.480 e. The van der Waals surface area contributed by atoms with Crippen molar-refractivity contribution < 1.29 is 19.4 Å². The molecular weight excluding hydrogens is 308 g/mol. The predicted octanol–water partition coefficient (Wildman–Crippen LogP) is 0.763. The van der Waals surface area contributed by atoms with Gasteiger partial charge in [0.05, 0.1) is 6.20 Å². The standard InChI is InChI=1S/C13H16N4O4S/c1-17-6-8(5-14-17)12-16-10(7-22-12)11(18)15-9(13(19)20)3-4-21-2/h5-7,9H,3-4H2,1-2H3,(H,15,18)(H,19,20). The molecular formula is C13H16N4O4S. The lowest BCUT2D eigenvalue weighted by Gasteiger charge is -2.12. The van der Waals surface area contributed by atoms with Crippen molar-refractivity contribution in [1.82, 2.24) is 20.1 Å². The van der Waals surface area contributed by atoms with Gasteiger partial charge in [-0.05, 0) is 0 Å². The number of rotatable bonds is 7.